The monoisotopic (exact) mass is 312 g/mol. The summed E-state index contributed by atoms with van der Waals surface area (Å²) < 4.78 is 33.0. The molecule has 1 saturated heterocycles. The molecule has 21 heavy (non-hydrogen) atoms. The first kappa shape index (κ1) is 16.3. The van der Waals surface area contributed by atoms with E-state index in [9.17, 15) is 8.42 Å². The maximum absolute atomic E-state index is 12.5. The highest BCUT2D eigenvalue weighted by molar-refractivity contribution is 7.89. The Kier molecular flexibility index (Phi) is 5.24. The number of sulfonamides is 1. The van der Waals surface area contributed by atoms with Crippen LogP contribution in [0, 0.1) is 19.8 Å². The van der Waals surface area contributed by atoms with Crippen molar-refractivity contribution >= 4 is 10.0 Å². The van der Waals surface area contributed by atoms with E-state index in [1.807, 2.05) is 13.0 Å². The molecule has 1 aromatic rings. The number of rotatable bonds is 6. The van der Waals surface area contributed by atoms with E-state index < -0.39 is 10.0 Å². The number of nitrogens with one attached hydrogen (secondary N) is 2. The SMILES string of the molecule is COc1cc(C)cc(C)c1S(=O)(=O)NCCC1CCNC1. The summed E-state index contributed by atoms with van der Waals surface area (Å²) in [5.41, 5.74) is 1.70. The van der Waals surface area contributed by atoms with Crippen LogP contribution in [-0.2, 0) is 10.0 Å². The Labute approximate surface area is 127 Å². The molecular formula is C15H24N2O3S. The maximum Gasteiger partial charge on any atom is 0.244 e. The van der Waals surface area contributed by atoms with Crippen LogP contribution in [0.15, 0.2) is 17.0 Å². The van der Waals surface area contributed by atoms with Crippen molar-refractivity contribution in [1.82, 2.24) is 10.0 Å². The van der Waals surface area contributed by atoms with Crippen LogP contribution >= 0.6 is 0 Å². The minimum Gasteiger partial charge on any atom is -0.495 e. The number of hydrogen-bond acceptors (Lipinski definition) is 4. The highest BCUT2D eigenvalue weighted by Crippen LogP contribution is 2.28. The van der Waals surface area contributed by atoms with Gasteiger partial charge >= 0.3 is 0 Å². The molecule has 0 aromatic heterocycles. The molecule has 0 spiro atoms. The Morgan fingerprint density at radius 3 is 2.76 bits per heavy atom. The fraction of sp³-hybridized carbons (Fsp3) is 0.600. The molecule has 1 aliphatic heterocycles. The van der Waals surface area contributed by atoms with Gasteiger partial charge in [-0.1, -0.05) is 6.07 Å². The first-order valence-corrected chi connectivity index (χ1v) is 8.78. The highest BCUT2D eigenvalue weighted by Gasteiger charge is 2.23. The van der Waals surface area contributed by atoms with E-state index in [0.717, 1.165) is 31.5 Å². The minimum absolute atomic E-state index is 0.250. The molecule has 6 heteroatoms. The van der Waals surface area contributed by atoms with E-state index in [1.54, 1.807) is 13.0 Å². The second-order valence-corrected chi connectivity index (χ2v) is 7.36. The number of ether oxygens (including phenoxy) is 1. The Morgan fingerprint density at radius 1 is 1.38 bits per heavy atom. The molecule has 2 rings (SSSR count). The Morgan fingerprint density at radius 2 is 2.14 bits per heavy atom. The van der Waals surface area contributed by atoms with Gasteiger partial charge in [-0.05, 0) is 62.9 Å². The van der Waals surface area contributed by atoms with Crippen LogP contribution in [-0.4, -0.2) is 35.2 Å². The second-order valence-electron chi connectivity index (χ2n) is 5.66. The fourth-order valence-corrected chi connectivity index (χ4v) is 4.26. The van der Waals surface area contributed by atoms with Crippen LogP contribution in [0.25, 0.3) is 0 Å². The molecule has 118 valence electrons. The average Bonchev–Trinajstić information content (AvgIpc) is 2.90. The van der Waals surface area contributed by atoms with Gasteiger partial charge in [0.2, 0.25) is 10.0 Å². The van der Waals surface area contributed by atoms with Crippen molar-refractivity contribution in [3.8, 4) is 5.75 Å². The first-order chi connectivity index (χ1) is 9.94. The van der Waals surface area contributed by atoms with Crippen molar-refractivity contribution in [3.63, 3.8) is 0 Å². The van der Waals surface area contributed by atoms with Gasteiger partial charge in [0.05, 0.1) is 7.11 Å². The summed E-state index contributed by atoms with van der Waals surface area (Å²) >= 11 is 0. The molecule has 0 saturated carbocycles. The number of methoxy groups -OCH3 is 1. The van der Waals surface area contributed by atoms with E-state index in [0.29, 0.717) is 23.8 Å². The van der Waals surface area contributed by atoms with Gasteiger partial charge in [0.15, 0.2) is 0 Å². The summed E-state index contributed by atoms with van der Waals surface area (Å²) in [5, 5.41) is 3.29. The Bertz CT molecular complexity index is 593. The van der Waals surface area contributed by atoms with Crippen LogP contribution in [0.2, 0.25) is 0 Å². The van der Waals surface area contributed by atoms with E-state index in [4.69, 9.17) is 4.74 Å². The quantitative estimate of drug-likeness (QED) is 0.837. The topological polar surface area (TPSA) is 67.4 Å². The molecule has 2 N–H and O–H groups in total. The molecule has 1 aliphatic rings. The van der Waals surface area contributed by atoms with Crippen LogP contribution < -0.4 is 14.8 Å². The summed E-state index contributed by atoms with van der Waals surface area (Å²) in [6, 6.07) is 3.61. The van der Waals surface area contributed by atoms with E-state index in [2.05, 4.69) is 10.0 Å². The number of benzene rings is 1. The summed E-state index contributed by atoms with van der Waals surface area (Å²) in [6.07, 6.45) is 1.98. The summed E-state index contributed by atoms with van der Waals surface area (Å²) in [5.74, 6) is 0.969. The van der Waals surface area contributed by atoms with E-state index >= 15 is 0 Å². The molecule has 1 heterocycles. The largest absolute Gasteiger partial charge is 0.495 e. The maximum atomic E-state index is 12.5. The van der Waals surface area contributed by atoms with Crippen molar-refractivity contribution in [2.75, 3.05) is 26.7 Å². The second kappa shape index (κ2) is 6.77. The molecule has 1 unspecified atom stereocenters. The highest BCUT2D eigenvalue weighted by atomic mass is 32.2. The molecule has 1 atom stereocenters. The van der Waals surface area contributed by atoms with Gasteiger partial charge < -0.3 is 10.1 Å². The van der Waals surface area contributed by atoms with Crippen molar-refractivity contribution < 1.29 is 13.2 Å². The third kappa shape index (κ3) is 3.96. The Balaban J connectivity index is 2.11. The zero-order chi connectivity index (χ0) is 15.5. The van der Waals surface area contributed by atoms with Crippen molar-refractivity contribution in [2.45, 2.75) is 31.6 Å². The summed E-state index contributed by atoms with van der Waals surface area (Å²) in [7, 11) is -2.04. The van der Waals surface area contributed by atoms with E-state index in [1.165, 1.54) is 7.11 Å². The predicted molar refractivity (Wildman–Crippen MR) is 83.3 cm³/mol. The van der Waals surface area contributed by atoms with Crippen molar-refractivity contribution in [2.24, 2.45) is 5.92 Å². The lowest BCUT2D eigenvalue weighted by atomic mass is 10.1. The number of aryl methyl sites for hydroxylation is 2. The minimum atomic E-state index is -3.54. The molecule has 0 amide bonds. The van der Waals surface area contributed by atoms with Gasteiger partial charge in [-0.3, -0.25) is 0 Å². The standard InChI is InChI=1S/C15H24N2O3S/c1-11-8-12(2)15(14(9-11)20-3)21(18,19)17-7-5-13-4-6-16-10-13/h8-9,13,16-17H,4-7,10H2,1-3H3. The zero-order valence-electron chi connectivity index (χ0n) is 12.9. The third-order valence-electron chi connectivity index (χ3n) is 3.88. The van der Waals surface area contributed by atoms with Crippen LogP contribution in [0.3, 0.4) is 0 Å². The van der Waals surface area contributed by atoms with Crippen LogP contribution in [0.5, 0.6) is 5.75 Å². The first-order valence-electron chi connectivity index (χ1n) is 7.29. The lowest BCUT2D eigenvalue weighted by Crippen LogP contribution is -2.27. The van der Waals surface area contributed by atoms with Crippen LogP contribution in [0.4, 0.5) is 0 Å². The van der Waals surface area contributed by atoms with Crippen LogP contribution in [0.1, 0.15) is 24.0 Å². The Hall–Kier alpha value is -1.11. The molecule has 0 aliphatic carbocycles. The predicted octanol–water partition coefficient (Wildman–Crippen LogP) is 1.59. The van der Waals surface area contributed by atoms with Gasteiger partial charge in [-0.15, -0.1) is 0 Å². The zero-order valence-corrected chi connectivity index (χ0v) is 13.7. The fourth-order valence-electron chi connectivity index (χ4n) is 2.84. The van der Waals surface area contributed by atoms with Crippen molar-refractivity contribution in [1.29, 1.82) is 0 Å². The average molecular weight is 312 g/mol. The molecular weight excluding hydrogens is 288 g/mol. The lowest BCUT2D eigenvalue weighted by Gasteiger charge is -2.15. The smallest absolute Gasteiger partial charge is 0.244 e. The van der Waals surface area contributed by atoms with Gasteiger partial charge in [-0.25, -0.2) is 13.1 Å². The molecule has 0 radical (unpaired) electrons. The summed E-state index contributed by atoms with van der Waals surface area (Å²) in [6.45, 7) is 6.19. The number of hydrogen-bond donors (Lipinski definition) is 2. The lowest BCUT2D eigenvalue weighted by molar-refractivity contribution is 0.401. The van der Waals surface area contributed by atoms with Gasteiger partial charge in [0.25, 0.3) is 0 Å². The van der Waals surface area contributed by atoms with Gasteiger partial charge in [-0.2, -0.15) is 0 Å². The molecule has 5 nitrogen and oxygen atoms in total. The molecule has 0 bridgehead atoms. The van der Waals surface area contributed by atoms with Gasteiger partial charge in [0, 0.05) is 6.54 Å². The molecule has 1 aromatic carbocycles. The third-order valence-corrected chi connectivity index (χ3v) is 5.53. The molecule has 1 fully saturated rings. The van der Waals surface area contributed by atoms with Crippen molar-refractivity contribution in [3.05, 3.63) is 23.3 Å². The van der Waals surface area contributed by atoms with E-state index in [-0.39, 0.29) is 4.90 Å². The summed E-state index contributed by atoms with van der Waals surface area (Å²) in [4.78, 5) is 0.250. The normalized spacial score (nSPS) is 18.9. The van der Waals surface area contributed by atoms with Gasteiger partial charge in [0.1, 0.15) is 10.6 Å².